The molecule has 126 valence electrons. The molecule has 0 radical (unpaired) electrons. The molecule has 0 amide bonds. The molecule has 3 aromatic carbocycles. The van der Waals surface area contributed by atoms with Crippen molar-refractivity contribution in [2.45, 2.75) is 12.5 Å². The molecule has 1 N–H and O–H groups in total. The highest BCUT2D eigenvalue weighted by molar-refractivity contribution is 5.99. The van der Waals surface area contributed by atoms with Gasteiger partial charge >= 0.3 is 0 Å². The summed E-state index contributed by atoms with van der Waals surface area (Å²) in [4.78, 5) is 14.2. The predicted octanol–water partition coefficient (Wildman–Crippen LogP) is 3.29. The Hall–Kier alpha value is -2.71. The Morgan fingerprint density at radius 2 is 1.28 bits per heavy atom. The van der Waals surface area contributed by atoms with Crippen LogP contribution in [0.4, 0.5) is 0 Å². The lowest BCUT2D eigenvalue weighted by molar-refractivity contribution is -0.874. The molecular formula is C23H24NO+. The fourth-order valence-electron chi connectivity index (χ4n) is 3.07. The van der Waals surface area contributed by atoms with Crippen molar-refractivity contribution < 1.29 is 9.69 Å². The molecule has 0 aliphatic carbocycles. The summed E-state index contributed by atoms with van der Waals surface area (Å²) in [5.41, 5.74) is 4.28. The van der Waals surface area contributed by atoms with Gasteiger partial charge in [0, 0.05) is 12.0 Å². The first-order valence-electron chi connectivity index (χ1n) is 8.69. The maximum absolute atomic E-state index is 13.0. The lowest BCUT2D eigenvalue weighted by atomic mass is 9.95. The summed E-state index contributed by atoms with van der Waals surface area (Å²) in [6.07, 6.45) is 0.752. The Balaban J connectivity index is 1.80. The molecule has 0 saturated heterocycles. The van der Waals surface area contributed by atoms with Crippen LogP contribution in [0.15, 0.2) is 84.9 Å². The number of benzene rings is 3. The minimum absolute atomic E-state index is 0.0787. The van der Waals surface area contributed by atoms with E-state index >= 15 is 0 Å². The minimum Gasteiger partial charge on any atom is -0.331 e. The summed E-state index contributed by atoms with van der Waals surface area (Å²) in [5.74, 6) is 0.198. The first-order valence-corrected chi connectivity index (χ1v) is 8.69. The molecule has 3 aromatic rings. The number of hydrogen-bond donors (Lipinski definition) is 1. The van der Waals surface area contributed by atoms with Crippen LogP contribution in [0.3, 0.4) is 0 Å². The second-order valence-corrected chi connectivity index (χ2v) is 6.63. The van der Waals surface area contributed by atoms with Crippen molar-refractivity contribution in [3.63, 3.8) is 0 Å². The van der Waals surface area contributed by atoms with Crippen LogP contribution in [0.5, 0.6) is 0 Å². The van der Waals surface area contributed by atoms with Crippen LogP contribution in [0.25, 0.3) is 11.1 Å². The van der Waals surface area contributed by atoms with Gasteiger partial charge in [0.1, 0.15) is 0 Å². The number of rotatable bonds is 6. The molecule has 2 nitrogen and oxygen atoms in total. The molecular weight excluding hydrogens is 306 g/mol. The van der Waals surface area contributed by atoms with Gasteiger partial charge in [-0.2, -0.15) is 0 Å². The van der Waals surface area contributed by atoms with Gasteiger partial charge < -0.3 is 4.90 Å². The van der Waals surface area contributed by atoms with Crippen molar-refractivity contribution in [1.29, 1.82) is 0 Å². The van der Waals surface area contributed by atoms with E-state index in [1.165, 1.54) is 11.1 Å². The Kier molecular flexibility index (Phi) is 5.42. The largest absolute Gasteiger partial charge is 0.331 e. The second kappa shape index (κ2) is 7.91. The molecule has 0 unspecified atom stereocenters. The third-order valence-corrected chi connectivity index (χ3v) is 4.57. The van der Waals surface area contributed by atoms with E-state index in [1.807, 2.05) is 74.8 Å². The summed E-state index contributed by atoms with van der Waals surface area (Å²) in [6, 6.07) is 28.3. The van der Waals surface area contributed by atoms with E-state index in [1.54, 1.807) is 0 Å². The standard InChI is InChI=1S/C23H23NO/c1-24(2)22(17-18-9-5-3-6-10-18)23(25)21-15-13-20(14-16-21)19-11-7-4-8-12-19/h3-16,22H,17H2,1-2H3/p+1/t22-/m1/s1. The average molecular weight is 330 g/mol. The number of nitrogens with one attached hydrogen (secondary N) is 1. The van der Waals surface area contributed by atoms with Crippen LogP contribution in [0.2, 0.25) is 0 Å². The summed E-state index contributed by atoms with van der Waals surface area (Å²) < 4.78 is 0. The predicted molar refractivity (Wildman–Crippen MR) is 103 cm³/mol. The highest BCUT2D eigenvalue weighted by atomic mass is 16.1. The minimum atomic E-state index is -0.0787. The highest BCUT2D eigenvalue weighted by Gasteiger charge is 2.26. The summed E-state index contributed by atoms with van der Waals surface area (Å²) >= 11 is 0. The van der Waals surface area contributed by atoms with Crippen LogP contribution in [-0.4, -0.2) is 25.9 Å². The van der Waals surface area contributed by atoms with Crippen molar-refractivity contribution in [2.75, 3.05) is 14.1 Å². The molecule has 0 fully saturated rings. The molecule has 0 bridgehead atoms. The van der Waals surface area contributed by atoms with Crippen molar-refractivity contribution in [1.82, 2.24) is 0 Å². The number of quaternary nitrogens is 1. The molecule has 3 rings (SSSR count). The molecule has 2 heteroatoms. The molecule has 0 spiro atoms. The smallest absolute Gasteiger partial charge is 0.220 e. The quantitative estimate of drug-likeness (QED) is 0.688. The lowest BCUT2D eigenvalue weighted by Gasteiger charge is -2.20. The number of carbonyl (C=O) groups is 1. The van der Waals surface area contributed by atoms with Gasteiger partial charge in [0.15, 0.2) is 6.04 Å². The van der Waals surface area contributed by atoms with Gasteiger partial charge in [0.25, 0.3) is 0 Å². The number of likely N-dealkylation sites (N-methyl/N-ethyl adjacent to an activating group) is 1. The molecule has 25 heavy (non-hydrogen) atoms. The zero-order chi connectivity index (χ0) is 17.6. The third kappa shape index (κ3) is 4.23. The molecule has 0 saturated carbocycles. The van der Waals surface area contributed by atoms with Crippen LogP contribution >= 0.6 is 0 Å². The zero-order valence-electron chi connectivity index (χ0n) is 14.8. The Morgan fingerprint density at radius 3 is 1.84 bits per heavy atom. The molecule has 0 aliphatic rings. The van der Waals surface area contributed by atoms with Gasteiger partial charge in [-0.3, -0.25) is 4.79 Å². The zero-order valence-corrected chi connectivity index (χ0v) is 14.8. The average Bonchev–Trinajstić information content (AvgIpc) is 2.67. The van der Waals surface area contributed by atoms with Gasteiger partial charge in [-0.05, 0) is 16.7 Å². The topological polar surface area (TPSA) is 21.5 Å². The van der Waals surface area contributed by atoms with Gasteiger partial charge in [-0.1, -0.05) is 84.9 Å². The maximum Gasteiger partial charge on any atom is 0.220 e. The number of Topliss-reactive ketones (excluding diaryl/α,β-unsaturated/α-hetero) is 1. The Labute approximate surface area is 149 Å². The maximum atomic E-state index is 13.0. The van der Waals surface area contributed by atoms with Crippen molar-refractivity contribution in [3.8, 4) is 11.1 Å². The van der Waals surface area contributed by atoms with E-state index in [2.05, 4.69) is 24.3 Å². The van der Waals surface area contributed by atoms with Gasteiger partial charge in [0.2, 0.25) is 5.78 Å². The molecule has 1 atom stereocenters. The number of hydrogen-bond acceptors (Lipinski definition) is 1. The molecule has 0 aliphatic heterocycles. The van der Waals surface area contributed by atoms with Crippen LogP contribution in [0, 0.1) is 0 Å². The van der Waals surface area contributed by atoms with Crippen LogP contribution in [-0.2, 0) is 6.42 Å². The van der Waals surface area contributed by atoms with Crippen molar-refractivity contribution in [2.24, 2.45) is 0 Å². The van der Waals surface area contributed by atoms with E-state index in [0.29, 0.717) is 0 Å². The Bertz CT molecular complexity index is 808. The lowest BCUT2D eigenvalue weighted by Crippen LogP contribution is -3.11. The number of carbonyl (C=O) groups excluding carboxylic acids is 1. The van der Waals surface area contributed by atoms with E-state index < -0.39 is 0 Å². The molecule has 0 aromatic heterocycles. The summed E-state index contributed by atoms with van der Waals surface area (Å²) in [5, 5.41) is 0. The first-order chi connectivity index (χ1) is 12.1. The third-order valence-electron chi connectivity index (χ3n) is 4.57. The van der Waals surface area contributed by atoms with Gasteiger partial charge in [0.05, 0.1) is 14.1 Å². The SMILES string of the molecule is C[NH+](C)[C@H](Cc1ccccc1)C(=O)c1ccc(-c2ccccc2)cc1. The van der Waals surface area contributed by atoms with Gasteiger partial charge in [-0.15, -0.1) is 0 Å². The van der Waals surface area contributed by atoms with Crippen LogP contribution in [0.1, 0.15) is 15.9 Å². The van der Waals surface area contributed by atoms with Gasteiger partial charge in [-0.25, -0.2) is 0 Å². The monoisotopic (exact) mass is 330 g/mol. The number of ketones is 1. The van der Waals surface area contributed by atoms with Crippen LogP contribution < -0.4 is 4.90 Å². The van der Waals surface area contributed by atoms with Crippen molar-refractivity contribution >= 4 is 5.78 Å². The first kappa shape index (κ1) is 17.1. The normalized spacial score (nSPS) is 12.1. The van der Waals surface area contributed by atoms with E-state index in [0.717, 1.165) is 22.4 Å². The summed E-state index contributed by atoms with van der Waals surface area (Å²) in [7, 11) is 4.09. The summed E-state index contributed by atoms with van der Waals surface area (Å²) in [6.45, 7) is 0. The van der Waals surface area contributed by atoms with E-state index in [9.17, 15) is 4.79 Å². The molecule has 0 heterocycles. The van der Waals surface area contributed by atoms with E-state index in [4.69, 9.17) is 0 Å². The highest BCUT2D eigenvalue weighted by Crippen LogP contribution is 2.20. The Morgan fingerprint density at radius 1 is 0.760 bits per heavy atom. The fraction of sp³-hybridized carbons (Fsp3) is 0.174. The fourth-order valence-corrected chi connectivity index (χ4v) is 3.07. The van der Waals surface area contributed by atoms with Crippen molar-refractivity contribution in [3.05, 3.63) is 96.1 Å². The van der Waals surface area contributed by atoms with E-state index in [-0.39, 0.29) is 11.8 Å². The second-order valence-electron chi connectivity index (χ2n) is 6.63.